The average molecular weight is 405 g/mol. The zero-order valence-corrected chi connectivity index (χ0v) is 17.7. The van der Waals surface area contributed by atoms with Gasteiger partial charge >= 0.3 is 0 Å². The number of aromatic nitrogens is 4. The number of hydrogen-bond acceptors (Lipinski definition) is 5. The van der Waals surface area contributed by atoms with Gasteiger partial charge in [0.1, 0.15) is 5.82 Å². The first kappa shape index (κ1) is 20.1. The van der Waals surface area contributed by atoms with Crippen molar-refractivity contribution in [1.82, 2.24) is 24.9 Å². The number of piperidine rings is 1. The van der Waals surface area contributed by atoms with E-state index in [4.69, 9.17) is 0 Å². The Morgan fingerprint density at radius 2 is 1.97 bits per heavy atom. The lowest BCUT2D eigenvalue weighted by atomic mass is 9.89. The average Bonchev–Trinajstić information content (AvgIpc) is 3.27. The largest absolute Gasteiger partial charge is 0.368 e. The Bertz CT molecular complexity index is 1020. The van der Waals surface area contributed by atoms with E-state index in [2.05, 4.69) is 27.4 Å². The van der Waals surface area contributed by atoms with Crippen LogP contribution in [-0.4, -0.2) is 49.9 Å². The lowest BCUT2D eigenvalue weighted by Crippen LogP contribution is -2.51. The number of carbonyl (C=O) groups excluding carboxylic acids is 1. The standard InChI is InChI=1S/C23H28N6O/c1-16-9-10-20(29-25-11-12-26-29)19(14-16)23(30)28-13-5-6-17(2)21(28)15-24-22-8-4-7-18(3)27-22/h4,7-12,14,17,21H,5-6,13,15H2,1-3H3,(H,24,27). The molecule has 1 N–H and O–H groups in total. The van der Waals surface area contributed by atoms with Crippen molar-refractivity contribution in [1.29, 1.82) is 0 Å². The molecular formula is C23H28N6O. The van der Waals surface area contributed by atoms with Gasteiger partial charge in [0.25, 0.3) is 5.91 Å². The Morgan fingerprint density at radius 1 is 1.17 bits per heavy atom. The topological polar surface area (TPSA) is 75.9 Å². The monoisotopic (exact) mass is 404 g/mol. The lowest BCUT2D eigenvalue weighted by molar-refractivity contribution is 0.0539. The second-order valence-corrected chi connectivity index (χ2v) is 8.07. The van der Waals surface area contributed by atoms with E-state index in [1.165, 1.54) is 4.80 Å². The fraction of sp³-hybridized carbons (Fsp3) is 0.391. The number of hydrogen-bond donors (Lipinski definition) is 1. The first-order chi connectivity index (χ1) is 14.5. The quantitative estimate of drug-likeness (QED) is 0.703. The molecule has 7 heteroatoms. The second kappa shape index (κ2) is 8.65. The highest BCUT2D eigenvalue weighted by Crippen LogP contribution is 2.27. The number of likely N-dealkylation sites (tertiary alicyclic amines) is 1. The van der Waals surface area contributed by atoms with Gasteiger partial charge in [0.2, 0.25) is 0 Å². The number of nitrogens with zero attached hydrogens (tertiary/aromatic N) is 5. The molecular weight excluding hydrogens is 376 g/mol. The molecule has 1 fully saturated rings. The van der Waals surface area contributed by atoms with E-state index in [0.29, 0.717) is 23.7 Å². The summed E-state index contributed by atoms with van der Waals surface area (Å²) in [6, 6.07) is 11.9. The molecule has 2 atom stereocenters. The number of benzene rings is 1. The minimum atomic E-state index is 0.0292. The van der Waals surface area contributed by atoms with Gasteiger partial charge in [0.05, 0.1) is 29.7 Å². The van der Waals surface area contributed by atoms with Crippen LogP contribution in [0.25, 0.3) is 5.69 Å². The lowest BCUT2D eigenvalue weighted by Gasteiger charge is -2.40. The highest BCUT2D eigenvalue weighted by molar-refractivity contribution is 5.98. The molecule has 0 bridgehead atoms. The van der Waals surface area contributed by atoms with Crippen LogP contribution in [0.15, 0.2) is 48.8 Å². The van der Waals surface area contributed by atoms with Crippen LogP contribution >= 0.6 is 0 Å². The predicted molar refractivity (Wildman–Crippen MR) is 117 cm³/mol. The minimum Gasteiger partial charge on any atom is -0.368 e. The molecule has 0 saturated carbocycles. The molecule has 0 aliphatic carbocycles. The normalized spacial score (nSPS) is 19.0. The van der Waals surface area contributed by atoms with Crippen LogP contribution in [0.3, 0.4) is 0 Å². The van der Waals surface area contributed by atoms with E-state index in [0.717, 1.165) is 36.5 Å². The summed E-state index contributed by atoms with van der Waals surface area (Å²) in [7, 11) is 0. The molecule has 4 rings (SSSR count). The maximum absolute atomic E-state index is 13.7. The minimum absolute atomic E-state index is 0.0292. The van der Waals surface area contributed by atoms with E-state index < -0.39 is 0 Å². The summed E-state index contributed by atoms with van der Waals surface area (Å²) in [4.78, 5) is 21.8. The molecule has 156 valence electrons. The first-order valence-corrected chi connectivity index (χ1v) is 10.5. The van der Waals surface area contributed by atoms with E-state index in [1.807, 2.05) is 55.1 Å². The highest BCUT2D eigenvalue weighted by Gasteiger charge is 2.33. The van der Waals surface area contributed by atoms with E-state index in [1.54, 1.807) is 12.4 Å². The third-order valence-corrected chi connectivity index (χ3v) is 5.77. The van der Waals surface area contributed by atoms with E-state index in [-0.39, 0.29) is 11.9 Å². The van der Waals surface area contributed by atoms with Crippen molar-refractivity contribution in [3.63, 3.8) is 0 Å². The summed E-state index contributed by atoms with van der Waals surface area (Å²) in [5.41, 5.74) is 3.36. The number of amides is 1. The third-order valence-electron chi connectivity index (χ3n) is 5.77. The Kier molecular flexibility index (Phi) is 5.79. The van der Waals surface area contributed by atoms with Crippen molar-refractivity contribution >= 4 is 11.7 Å². The van der Waals surface area contributed by atoms with Crippen molar-refractivity contribution in [2.75, 3.05) is 18.4 Å². The van der Waals surface area contributed by atoms with Crippen molar-refractivity contribution in [2.45, 2.75) is 39.7 Å². The third kappa shape index (κ3) is 4.20. The van der Waals surface area contributed by atoms with Crippen molar-refractivity contribution in [3.05, 3.63) is 65.6 Å². The van der Waals surface area contributed by atoms with E-state index in [9.17, 15) is 4.79 Å². The van der Waals surface area contributed by atoms with Gasteiger partial charge in [-0.15, -0.1) is 0 Å². The van der Waals surface area contributed by atoms with Gasteiger partial charge in [-0.25, -0.2) is 4.98 Å². The summed E-state index contributed by atoms with van der Waals surface area (Å²) in [5, 5.41) is 11.9. The summed E-state index contributed by atoms with van der Waals surface area (Å²) >= 11 is 0. The molecule has 2 aromatic heterocycles. The van der Waals surface area contributed by atoms with Crippen LogP contribution < -0.4 is 5.32 Å². The fourth-order valence-electron chi connectivity index (χ4n) is 4.15. The number of aryl methyl sites for hydroxylation is 2. The summed E-state index contributed by atoms with van der Waals surface area (Å²) in [5.74, 6) is 1.27. The molecule has 1 saturated heterocycles. The maximum atomic E-state index is 13.7. The predicted octanol–water partition coefficient (Wildman–Crippen LogP) is 3.63. The first-order valence-electron chi connectivity index (χ1n) is 10.5. The van der Waals surface area contributed by atoms with E-state index >= 15 is 0 Å². The zero-order valence-electron chi connectivity index (χ0n) is 17.7. The molecule has 0 radical (unpaired) electrons. The summed E-state index contributed by atoms with van der Waals surface area (Å²) in [6.45, 7) is 7.62. The van der Waals surface area contributed by atoms with Crippen LogP contribution in [-0.2, 0) is 0 Å². The molecule has 3 aromatic rings. The highest BCUT2D eigenvalue weighted by atomic mass is 16.2. The van der Waals surface area contributed by atoms with Crippen molar-refractivity contribution in [3.8, 4) is 5.69 Å². The molecule has 1 amide bonds. The summed E-state index contributed by atoms with van der Waals surface area (Å²) < 4.78 is 0. The second-order valence-electron chi connectivity index (χ2n) is 8.07. The molecule has 1 aliphatic heterocycles. The molecule has 1 aromatic carbocycles. The van der Waals surface area contributed by atoms with Gasteiger partial charge in [-0.2, -0.15) is 15.0 Å². The van der Waals surface area contributed by atoms with Gasteiger partial charge in [-0.05, 0) is 56.9 Å². The molecule has 3 heterocycles. The van der Waals surface area contributed by atoms with Crippen LogP contribution in [0, 0.1) is 19.8 Å². The molecule has 1 aliphatic rings. The molecule has 7 nitrogen and oxygen atoms in total. The number of nitrogens with one attached hydrogen (secondary N) is 1. The van der Waals surface area contributed by atoms with Crippen LogP contribution in [0.1, 0.15) is 41.4 Å². The van der Waals surface area contributed by atoms with Gasteiger partial charge in [-0.3, -0.25) is 4.79 Å². The van der Waals surface area contributed by atoms with Gasteiger partial charge in [-0.1, -0.05) is 24.6 Å². The Balaban J connectivity index is 1.61. The Labute approximate surface area is 177 Å². The molecule has 30 heavy (non-hydrogen) atoms. The number of pyridine rings is 1. The van der Waals surface area contributed by atoms with Crippen LogP contribution in [0.2, 0.25) is 0 Å². The maximum Gasteiger partial charge on any atom is 0.256 e. The number of rotatable bonds is 5. The van der Waals surface area contributed by atoms with Gasteiger partial charge in [0.15, 0.2) is 0 Å². The fourth-order valence-corrected chi connectivity index (χ4v) is 4.15. The summed E-state index contributed by atoms with van der Waals surface area (Å²) in [6.07, 6.45) is 5.36. The zero-order chi connectivity index (χ0) is 21.1. The van der Waals surface area contributed by atoms with Gasteiger partial charge < -0.3 is 10.2 Å². The Morgan fingerprint density at radius 3 is 2.73 bits per heavy atom. The van der Waals surface area contributed by atoms with Crippen LogP contribution in [0.5, 0.6) is 0 Å². The Hall–Kier alpha value is -3.22. The smallest absolute Gasteiger partial charge is 0.256 e. The van der Waals surface area contributed by atoms with Crippen molar-refractivity contribution in [2.24, 2.45) is 5.92 Å². The molecule has 0 spiro atoms. The van der Waals surface area contributed by atoms with Crippen molar-refractivity contribution < 1.29 is 4.79 Å². The number of carbonyl (C=O) groups is 1. The number of anilines is 1. The molecule has 2 unspecified atom stereocenters. The van der Waals surface area contributed by atoms with Crippen LogP contribution in [0.4, 0.5) is 5.82 Å². The van der Waals surface area contributed by atoms with Gasteiger partial charge in [0, 0.05) is 18.8 Å². The SMILES string of the molecule is Cc1ccc(-n2nccn2)c(C(=O)N2CCCC(C)C2CNc2cccc(C)n2)c1.